The first-order chi connectivity index (χ1) is 13.4. The molecule has 0 atom stereocenters. The molecule has 0 N–H and O–H groups in total. The monoisotopic (exact) mass is 382 g/mol. The summed E-state index contributed by atoms with van der Waals surface area (Å²) in [6.07, 6.45) is 7.87. The van der Waals surface area contributed by atoms with Gasteiger partial charge in [-0.1, -0.05) is 24.3 Å². The molecule has 1 saturated heterocycles. The predicted molar refractivity (Wildman–Crippen MR) is 109 cm³/mol. The molecule has 150 valence electrons. The van der Waals surface area contributed by atoms with Gasteiger partial charge in [-0.2, -0.15) is 5.10 Å². The molecular formula is C22H30N4O2. The van der Waals surface area contributed by atoms with Crippen LogP contribution in [0.5, 0.6) is 0 Å². The van der Waals surface area contributed by atoms with Crippen molar-refractivity contribution in [2.75, 3.05) is 27.2 Å². The number of amides is 2. The molecule has 0 aliphatic carbocycles. The van der Waals surface area contributed by atoms with Crippen molar-refractivity contribution in [2.24, 2.45) is 13.0 Å². The molecule has 1 aliphatic rings. The highest BCUT2D eigenvalue weighted by Crippen LogP contribution is 2.23. The topological polar surface area (TPSA) is 58.4 Å². The number of rotatable bonds is 6. The molecule has 1 fully saturated rings. The van der Waals surface area contributed by atoms with E-state index >= 15 is 0 Å². The number of carbonyl (C=O) groups excluding carboxylic acids is 2. The third-order valence-corrected chi connectivity index (χ3v) is 5.53. The fraction of sp³-hybridized carbons (Fsp3) is 0.500. The summed E-state index contributed by atoms with van der Waals surface area (Å²) in [5.41, 5.74) is 3.21. The van der Waals surface area contributed by atoms with Crippen LogP contribution in [-0.2, 0) is 24.7 Å². The van der Waals surface area contributed by atoms with Gasteiger partial charge in [-0.25, -0.2) is 0 Å². The van der Waals surface area contributed by atoms with E-state index in [0.717, 1.165) is 38.8 Å². The highest BCUT2D eigenvalue weighted by atomic mass is 16.2. The third kappa shape index (κ3) is 5.21. The van der Waals surface area contributed by atoms with Crippen LogP contribution >= 0.6 is 0 Å². The van der Waals surface area contributed by atoms with Crippen LogP contribution in [0.25, 0.3) is 0 Å². The Bertz CT molecular complexity index is 802. The standard InChI is InChI=1S/C22H30N4O2/c1-24(2)21(27)9-8-17-4-6-18(7-5-17)14-19-10-12-26(13-11-19)22(28)20-15-23-25(3)16-20/h4-7,15-16,19H,8-14H2,1-3H3. The Morgan fingerprint density at radius 3 is 2.32 bits per heavy atom. The van der Waals surface area contributed by atoms with E-state index in [4.69, 9.17) is 0 Å². The highest BCUT2D eigenvalue weighted by molar-refractivity contribution is 5.93. The maximum Gasteiger partial charge on any atom is 0.257 e. The maximum atomic E-state index is 12.5. The van der Waals surface area contributed by atoms with Crippen LogP contribution in [0.3, 0.4) is 0 Å². The molecule has 2 aromatic rings. The Balaban J connectivity index is 1.45. The van der Waals surface area contributed by atoms with Gasteiger partial charge < -0.3 is 9.80 Å². The molecule has 1 aliphatic heterocycles. The van der Waals surface area contributed by atoms with Gasteiger partial charge in [0.05, 0.1) is 11.8 Å². The SMILES string of the molecule is CN(C)C(=O)CCc1ccc(CC2CCN(C(=O)c3cnn(C)c3)CC2)cc1. The summed E-state index contributed by atoms with van der Waals surface area (Å²) in [7, 11) is 5.41. The normalized spacial score (nSPS) is 14.9. The van der Waals surface area contributed by atoms with Gasteiger partial charge in [-0.3, -0.25) is 14.3 Å². The van der Waals surface area contributed by atoms with E-state index in [0.29, 0.717) is 17.9 Å². The summed E-state index contributed by atoms with van der Waals surface area (Å²) in [5, 5.41) is 4.09. The molecule has 28 heavy (non-hydrogen) atoms. The van der Waals surface area contributed by atoms with E-state index < -0.39 is 0 Å². The Kier molecular flexibility index (Phi) is 6.49. The number of hydrogen-bond donors (Lipinski definition) is 0. The Morgan fingerprint density at radius 1 is 1.11 bits per heavy atom. The van der Waals surface area contributed by atoms with E-state index in [-0.39, 0.29) is 11.8 Å². The van der Waals surface area contributed by atoms with Crippen molar-refractivity contribution < 1.29 is 9.59 Å². The lowest BCUT2D eigenvalue weighted by Gasteiger charge is -2.32. The van der Waals surface area contributed by atoms with Gasteiger partial charge in [-0.05, 0) is 42.7 Å². The first-order valence-corrected chi connectivity index (χ1v) is 9.98. The number of nitrogens with zero attached hydrogens (tertiary/aromatic N) is 4. The van der Waals surface area contributed by atoms with Crippen molar-refractivity contribution >= 4 is 11.8 Å². The second-order valence-corrected chi connectivity index (χ2v) is 7.95. The zero-order valence-electron chi connectivity index (χ0n) is 17.1. The molecule has 0 spiro atoms. The number of aryl methyl sites for hydroxylation is 2. The molecule has 0 radical (unpaired) electrons. The minimum atomic E-state index is 0.0863. The minimum absolute atomic E-state index is 0.0863. The number of carbonyl (C=O) groups is 2. The van der Waals surface area contributed by atoms with Crippen LogP contribution in [0.1, 0.15) is 40.7 Å². The molecule has 3 rings (SSSR count). The molecule has 0 saturated carbocycles. The highest BCUT2D eigenvalue weighted by Gasteiger charge is 2.24. The van der Waals surface area contributed by atoms with Crippen molar-refractivity contribution in [3.8, 4) is 0 Å². The maximum absolute atomic E-state index is 12.5. The number of benzene rings is 1. The van der Waals surface area contributed by atoms with Gasteiger partial charge in [0, 0.05) is 46.9 Å². The Morgan fingerprint density at radius 2 is 1.75 bits per heavy atom. The van der Waals surface area contributed by atoms with Crippen LogP contribution in [0, 0.1) is 5.92 Å². The van der Waals surface area contributed by atoms with Gasteiger partial charge in [0.25, 0.3) is 5.91 Å². The number of hydrogen-bond acceptors (Lipinski definition) is 3. The van der Waals surface area contributed by atoms with Gasteiger partial charge in [0.15, 0.2) is 0 Å². The second-order valence-electron chi connectivity index (χ2n) is 7.95. The van der Waals surface area contributed by atoms with Gasteiger partial charge >= 0.3 is 0 Å². The number of piperidine rings is 1. The first-order valence-electron chi connectivity index (χ1n) is 9.98. The molecule has 6 nitrogen and oxygen atoms in total. The van der Waals surface area contributed by atoms with Gasteiger partial charge in [-0.15, -0.1) is 0 Å². The number of likely N-dealkylation sites (tertiary alicyclic amines) is 1. The van der Waals surface area contributed by atoms with E-state index in [2.05, 4.69) is 29.4 Å². The van der Waals surface area contributed by atoms with Crippen molar-refractivity contribution in [1.82, 2.24) is 19.6 Å². The lowest BCUT2D eigenvalue weighted by Crippen LogP contribution is -2.38. The largest absolute Gasteiger partial charge is 0.349 e. The summed E-state index contributed by atoms with van der Waals surface area (Å²) in [6, 6.07) is 8.64. The van der Waals surface area contributed by atoms with Crippen LogP contribution in [0.15, 0.2) is 36.7 Å². The molecule has 6 heteroatoms. The first kappa shape index (κ1) is 20.1. The van der Waals surface area contributed by atoms with Crippen molar-refractivity contribution in [3.63, 3.8) is 0 Å². The third-order valence-electron chi connectivity index (χ3n) is 5.53. The molecule has 0 bridgehead atoms. The second kappa shape index (κ2) is 9.04. The summed E-state index contributed by atoms with van der Waals surface area (Å²) in [6.45, 7) is 1.62. The summed E-state index contributed by atoms with van der Waals surface area (Å²) in [4.78, 5) is 27.8. The summed E-state index contributed by atoms with van der Waals surface area (Å²) < 4.78 is 1.67. The lowest BCUT2D eigenvalue weighted by atomic mass is 9.89. The van der Waals surface area contributed by atoms with Gasteiger partial charge in [0.2, 0.25) is 5.91 Å². The van der Waals surface area contributed by atoms with Crippen molar-refractivity contribution in [2.45, 2.75) is 32.1 Å². The molecule has 0 unspecified atom stereocenters. The van der Waals surface area contributed by atoms with Crippen molar-refractivity contribution in [3.05, 3.63) is 53.3 Å². The smallest absolute Gasteiger partial charge is 0.257 e. The fourth-order valence-corrected chi connectivity index (χ4v) is 3.70. The van der Waals surface area contributed by atoms with Crippen LogP contribution in [0.4, 0.5) is 0 Å². The lowest BCUT2D eigenvalue weighted by molar-refractivity contribution is -0.128. The van der Waals surface area contributed by atoms with E-state index in [9.17, 15) is 9.59 Å². The zero-order chi connectivity index (χ0) is 20.1. The summed E-state index contributed by atoms with van der Waals surface area (Å²) >= 11 is 0. The van der Waals surface area contributed by atoms with E-state index in [1.165, 1.54) is 11.1 Å². The zero-order valence-corrected chi connectivity index (χ0v) is 17.1. The molecular weight excluding hydrogens is 352 g/mol. The summed E-state index contributed by atoms with van der Waals surface area (Å²) in [5.74, 6) is 0.860. The fourth-order valence-electron chi connectivity index (χ4n) is 3.70. The molecule has 1 aromatic heterocycles. The molecule has 2 amide bonds. The van der Waals surface area contributed by atoms with E-state index in [1.807, 2.05) is 11.9 Å². The molecule has 2 heterocycles. The Hall–Kier alpha value is -2.63. The van der Waals surface area contributed by atoms with Crippen LogP contribution in [0.2, 0.25) is 0 Å². The average Bonchev–Trinajstić information content (AvgIpc) is 3.13. The van der Waals surface area contributed by atoms with Crippen LogP contribution < -0.4 is 0 Å². The average molecular weight is 383 g/mol. The van der Waals surface area contributed by atoms with E-state index in [1.54, 1.807) is 36.1 Å². The van der Waals surface area contributed by atoms with Crippen molar-refractivity contribution in [1.29, 1.82) is 0 Å². The van der Waals surface area contributed by atoms with Gasteiger partial charge in [0.1, 0.15) is 0 Å². The predicted octanol–water partition coefficient (Wildman–Crippen LogP) is 2.54. The molecule has 1 aromatic carbocycles. The quantitative estimate of drug-likeness (QED) is 0.771. The number of aromatic nitrogens is 2. The Labute approximate surface area is 167 Å². The van der Waals surface area contributed by atoms with Crippen LogP contribution in [-0.4, -0.2) is 58.6 Å². The minimum Gasteiger partial charge on any atom is -0.349 e.